The SMILES string of the molecule is CNC(=O)c1cc2cccnc2nc1C(F)(F)F. The zero-order valence-corrected chi connectivity index (χ0v) is 9.25. The van der Waals surface area contributed by atoms with Crippen LogP contribution in [0.25, 0.3) is 11.0 Å². The fourth-order valence-corrected chi connectivity index (χ4v) is 1.53. The van der Waals surface area contributed by atoms with Gasteiger partial charge in [-0.25, -0.2) is 9.97 Å². The molecule has 4 nitrogen and oxygen atoms in total. The first-order valence-corrected chi connectivity index (χ1v) is 4.98. The van der Waals surface area contributed by atoms with Gasteiger partial charge in [0, 0.05) is 18.6 Å². The van der Waals surface area contributed by atoms with Crippen LogP contribution in [0.2, 0.25) is 0 Å². The molecule has 0 aliphatic carbocycles. The maximum Gasteiger partial charge on any atom is 0.434 e. The molecule has 0 saturated heterocycles. The lowest BCUT2D eigenvalue weighted by Crippen LogP contribution is -2.23. The topological polar surface area (TPSA) is 54.9 Å². The van der Waals surface area contributed by atoms with Crippen molar-refractivity contribution in [3.05, 3.63) is 35.7 Å². The minimum Gasteiger partial charge on any atom is -0.355 e. The number of halogens is 3. The van der Waals surface area contributed by atoms with Crippen LogP contribution >= 0.6 is 0 Å². The van der Waals surface area contributed by atoms with E-state index in [-0.39, 0.29) is 5.65 Å². The van der Waals surface area contributed by atoms with Crippen LogP contribution in [0.3, 0.4) is 0 Å². The number of fused-ring (bicyclic) bond motifs is 1. The Kier molecular flexibility index (Phi) is 2.90. The molecular weight excluding hydrogens is 247 g/mol. The number of pyridine rings is 2. The third-order valence-corrected chi connectivity index (χ3v) is 2.33. The van der Waals surface area contributed by atoms with Crippen molar-refractivity contribution in [1.29, 1.82) is 0 Å². The standard InChI is InChI=1S/C11H8F3N3O/c1-15-10(18)7-5-6-3-2-4-16-9(6)17-8(7)11(12,13)14/h2-5H,1H3,(H,15,18). The summed E-state index contributed by atoms with van der Waals surface area (Å²) in [6, 6.07) is 4.24. The second kappa shape index (κ2) is 4.25. The third kappa shape index (κ3) is 2.11. The van der Waals surface area contributed by atoms with Gasteiger partial charge in [-0.05, 0) is 18.2 Å². The van der Waals surface area contributed by atoms with Crippen molar-refractivity contribution < 1.29 is 18.0 Å². The monoisotopic (exact) mass is 255 g/mol. The van der Waals surface area contributed by atoms with Gasteiger partial charge in [0.15, 0.2) is 11.3 Å². The summed E-state index contributed by atoms with van der Waals surface area (Å²) in [7, 11) is 1.26. The van der Waals surface area contributed by atoms with Crippen LogP contribution in [0.15, 0.2) is 24.4 Å². The zero-order chi connectivity index (χ0) is 13.3. The number of rotatable bonds is 1. The maximum atomic E-state index is 12.8. The average Bonchev–Trinajstić information content (AvgIpc) is 2.35. The van der Waals surface area contributed by atoms with E-state index in [1.807, 2.05) is 0 Å². The molecule has 2 rings (SSSR count). The molecule has 0 spiro atoms. The summed E-state index contributed by atoms with van der Waals surface area (Å²) in [5.41, 5.74) is -1.78. The minimum atomic E-state index is -4.70. The Hall–Kier alpha value is -2.18. The summed E-state index contributed by atoms with van der Waals surface area (Å²) in [6.45, 7) is 0. The van der Waals surface area contributed by atoms with Gasteiger partial charge in [0.25, 0.3) is 5.91 Å². The molecule has 0 fully saturated rings. The van der Waals surface area contributed by atoms with Crippen LogP contribution in [-0.4, -0.2) is 22.9 Å². The van der Waals surface area contributed by atoms with E-state index in [2.05, 4.69) is 15.3 Å². The summed E-state index contributed by atoms with van der Waals surface area (Å²) in [4.78, 5) is 18.6. The van der Waals surface area contributed by atoms with E-state index in [4.69, 9.17) is 0 Å². The van der Waals surface area contributed by atoms with Gasteiger partial charge in [0.1, 0.15) is 0 Å². The van der Waals surface area contributed by atoms with Crippen molar-refractivity contribution in [1.82, 2.24) is 15.3 Å². The molecule has 0 radical (unpaired) electrons. The largest absolute Gasteiger partial charge is 0.434 e. The highest BCUT2D eigenvalue weighted by molar-refractivity contribution is 5.98. The highest BCUT2D eigenvalue weighted by Gasteiger charge is 2.37. The summed E-state index contributed by atoms with van der Waals surface area (Å²) in [5.74, 6) is -0.833. The van der Waals surface area contributed by atoms with Gasteiger partial charge in [0.05, 0.1) is 5.56 Å². The van der Waals surface area contributed by atoms with E-state index in [9.17, 15) is 18.0 Å². The van der Waals surface area contributed by atoms with Crippen LogP contribution in [0, 0.1) is 0 Å². The molecule has 0 aliphatic heterocycles. The number of hydrogen-bond acceptors (Lipinski definition) is 3. The lowest BCUT2D eigenvalue weighted by molar-refractivity contribution is -0.141. The molecule has 7 heteroatoms. The van der Waals surface area contributed by atoms with Gasteiger partial charge in [-0.15, -0.1) is 0 Å². The molecule has 2 aromatic rings. The van der Waals surface area contributed by atoms with Crippen LogP contribution in [0.1, 0.15) is 16.1 Å². The van der Waals surface area contributed by atoms with Crippen molar-refractivity contribution in [2.45, 2.75) is 6.18 Å². The molecule has 2 aromatic heterocycles. The van der Waals surface area contributed by atoms with Crippen LogP contribution < -0.4 is 5.32 Å². The molecule has 1 amide bonds. The quantitative estimate of drug-likeness (QED) is 0.848. The van der Waals surface area contributed by atoms with Crippen molar-refractivity contribution >= 4 is 16.9 Å². The molecule has 0 aromatic carbocycles. The number of carbonyl (C=O) groups is 1. The zero-order valence-electron chi connectivity index (χ0n) is 9.25. The average molecular weight is 255 g/mol. The molecule has 1 N–H and O–H groups in total. The van der Waals surface area contributed by atoms with E-state index < -0.39 is 23.3 Å². The fraction of sp³-hybridized carbons (Fsp3) is 0.182. The van der Waals surface area contributed by atoms with Gasteiger partial charge < -0.3 is 5.32 Å². The number of amides is 1. The minimum absolute atomic E-state index is 0.0440. The number of aromatic nitrogens is 2. The molecule has 0 bridgehead atoms. The molecule has 2 heterocycles. The molecule has 94 valence electrons. The molecular formula is C11H8F3N3O. The Bertz CT molecular complexity index is 610. The second-order valence-corrected chi connectivity index (χ2v) is 3.51. The summed E-state index contributed by atoms with van der Waals surface area (Å²) in [6.07, 6.45) is -3.36. The maximum absolute atomic E-state index is 12.8. The van der Waals surface area contributed by atoms with E-state index >= 15 is 0 Å². The number of carbonyl (C=O) groups excluding carboxylic acids is 1. The number of nitrogens with one attached hydrogen (secondary N) is 1. The van der Waals surface area contributed by atoms with Crippen molar-refractivity contribution in [3.63, 3.8) is 0 Å². The first kappa shape index (κ1) is 12.3. The van der Waals surface area contributed by atoms with Crippen molar-refractivity contribution in [2.75, 3.05) is 7.05 Å². The molecule has 0 unspecified atom stereocenters. The lowest BCUT2D eigenvalue weighted by Gasteiger charge is -2.11. The smallest absolute Gasteiger partial charge is 0.355 e. The van der Waals surface area contributed by atoms with E-state index in [1.165, 1.54) is 13.2 Å². The van der Waals surface area contributed by atoms with Crippen molar-refractivity contribution in [2.24, 2.45) is 0 Å². The highest BCUT2D eigenvalue weighted by Crippen LogP contribution is 2.31. The Labute approximate surface area is 99.9 Å². The molecule has 18 heavy (non-hydrogen) atoms. The van der Waals surface area contributed by atoms with Gasteiger partial charge in [0.2, 0.25) is 0 Å². The predicted molar refractivity (Wildman–Crippen MR) is 57.9 cm³/mol. The predicted octanol–water partition coefficient (Wildman–Crippen LogP) is 2.01. The Balaban J connectivity index is 2.76. The molecule has 0 atom stereocenters. The van der Waals surface area contributed by atoms with Crippen LogP contribution in [0.5, 0.6) is 0 Å². The molecule has 0 saturated carbocycles. The first-order chi connectivity index (χ1) is 8.43. The Morgan fingerprint density at radius 3 is 2.72 bits per heavy atom. The fourth-order valence-electron chi connectivity index (χ4n) is 1.53. The second-order valence-electron chi connectivity index (χ2n) is 3.51. The summed E-state index contributed by atoms with van der Waals surface area (Å²) in [5, 5.41) is 2.54. The molecule has 0 aliphatic rings. The van der Waals surface area contributed by atoms with Crippen molar-refractivity contribution in [3.8, 4) is 0 Å². The van der Waals surface area contributed by atoms with Gasteiger partial charge >= 0.3 is 6.18 Å². The van der Waals surface area contributed by atoms with Gasteiger partial charge in [-0.1, -0.05) is 0 Å². The van der Waals surface area contributed by atoms with Crippen LogP contribution in [-0.2, 0) is 6.18 Å². The summed E-state index contributed by atoms with van der Waals surface area (Å²) < 4.78 is 38.4. The van der Waals surface area contributed by atoms with Gasteiger partial charge in [-0.2, -0.15) is 13.2 Å². The highest BCUT2D eigenvalue weighted by atomic mass is 19.4. The number of hydrogen-bond donors (Lipinski definition) is 1. The Morgan fingerprint density at radius 1 is 1.39 bits per heavy atom. The third-order valence-electron chi connectivity index (χ3n) is 2.33. The van der Waals surface area contributed by atoms with Gasteiger partial charge in [-0.3, -0.25) is 4.79 Å². The first-order valence-electron chi connectivity index (χ1n) is 4.98. The number of nitrogens with zero attached hydrogens (tertiary/aromatic N) is 2. The van der Waals surface area contributed by atoms with E-state index in [1.54, 1.807) is 12.1 Å². The van der Waals surface area contributed by atoms with E-state index in [0.29, 0.717) is 5.39 Å². The van der Waals surface area contributed by atoms with Crippen LogP contribution in [0.4, 0.5) is 13.2 Å². The Morgan fingerprint density at radius 2 is 2.11 bits per heavy atom. The number of alkyl halides is 3. The summed E-state index contributed by atoms with van der Waals surface area (Å²) >= 11 is 0. The normalized spacial score (nSPS) is 11.6. The lowest BCUT2D eigenvalue weighted by atomic mass is 10.1. The van der Waals surface area contributed by atoms with E-state index in [0.717, 1.165) is 6.07 Å².